The Morgan fingerprint density at radius 3 is 2.89 bits per heavy atom. The number of nitrogens with zero attached hydrogens (tertiary/aromatic N) is 4. The Kier molecular flexibility index (Phi) is 6.05. The van der Waals surface area contributed by atoms with Gasteiger partial charge in [0, 0.05) is 19.6 Å². The number of unbranched alkanes of at least 4 members (excludes halogenated alkanes) is 1. The molecule has 0 bridgehead atoms. The van der Waals surface area contributed by atoms with Crippen LogP contribution in [0.4, 0.5) is 5.82 Å². The summed E-state index contributed by atoms with van der Waals surface area (Å²) in [5, 5.41) is 31.9. The molecule has 0 saturated carbocycles. The number of ether oxygens (including phenoxy) is 1. The average Bonchev–Trinajstić information content (AvgIpc) is 3.21. The molecule has 3 rings (SSSR count). The number of hydrogen-bond acceptors (Lipinski definition) is 9. The van der Waals surface area contributed by atoms with Crippen molar-refractivity contribution in [2.75, 3.05) is 18.9 Å². The normalized spacial score (nSPS) is 24.1. The fraction of sp³-hybridized carbons (Fsp3) is 0.529. The lowest BCUT2D eigenvalue weighted by Gasteiger charge is -2.16. The van der Waals surface area contributed by atoms with Crippen molar-refractivity contribution >= 4 is 22.9 Å². The standard InChI is InChI=1S/C17H22N6O5/c1-2-19-16(27)13-11(25)12(26)17(28-13)23-8-20-10-14(18)21-9(22-15(10)23)6-4-3-5-7-24/h8,11-13,17,24-26H,2-3,5,7H2,1H3,(H,19,27)(H2,18,21,22)/t11-,12+,13-,17+/m0/s1. The molecule has 0 radical (unpaired) electrons. The summed E-state index contributed by atoms with van der Waals surface area (Å²) in [5.41, 5.74) is 6.47. The van der Waals surface area contributed by atoms with Gasteiger partial charge in [-0.1, -0.05) is 5.92 Å². The molecule has 2 aromatic rings. The Labute approximate surface area is 160 Å². The average molecular weight is 390 g/mol. The van der Waals surface area contributed by atoms with Crippen molar-refractivity contribution in [3.8, 4) is 11.8 Å². The highest BCUT2D eigenvalue weighted by Gasteiger charge is 2.47. The fourth-order valence-electron chi connectivity index (χ4n) is 2.87. The summed E-state index contributed by atoms with van der Waals surface area (Å²) in [4.78, 5) is 24.6. The molecule has 1 fully saturated rings. The first-order chi connectivity index (χ1) is 13.5. The second-order valence-electron chi connectivity index (χ2n) is 6.21. The minimum Gasteiger partial charge on any atom is -0.396 e. The topological polar surface area (TPSA) is 169 Å². The van der Waals surface area contributed by atoms with Gasteiger partial charge < -0.3 is 31.1 Å². The van der Waals surface area contributed by atoms with E-state index in [0.29, 0.717) is 19.4 Å². The van der Waals surface area contributed by atoms with E-state index in [9.17, 15) is 15.0 Å². The molecule has 0 aliphatic carbocycles. The van der Waals surface area contributed by atoms with Crippen LogP contribution >= 0.6 is 0 Å². The molecule has 11 heteroatoms. The lowest BCUT2D eigenvalue weighted by atomic mass is 10.1. The van der Waals surface area contributed by atoms with E-state index in [1.165, 1.54) is 10.9 Å². The van der Waals surface area contributed by atoms with E-state index in [1.807, 2.05) is 0 Å². The van der Waals surface area contributed by atoms with Crippen LogP contribution in [0.1, 0.15) is 31.8 Å². The van der Waals surface area contributed by atoms with Gasteiger partial charge in [-0.05, 0) is 19.3 Å². The van der Waals surface area contributed by atoms with E-state index < -0.39 is 30.4 Å². The molecule has 0 aromatic carbocycles. The van der Waals surface area contributed by atoms with E-state index in [4.69, 9.17) is 15.6 Å². The van der Waals surface area contributed by atoms with Gasteiger partial charge in [-0.25, -0.2) is 15.0 Å². The summed E-state index contributed by atoms with van der Waals surface area (Å²) in [6, 6.07) is 0. The minimum atomic E-state index is -1.41. The first kappa shape index (κ1) is 20.0. The van der Waals surface area contributed by atoms with Crippen LogP contribution in [0, 0.1) is 11.8 Å². The number of aliphatic hydroxyl groups excluding tert-OH is 3. The number of anilines is 1. The van der Waals surface area contributed by atoms with Gasteiger partial charge in [0.05, 0.1) is 6.33 Å². The summed E-state index contributed by atoms with van der Waals surface area (Å²) in [5.74, 6) is 5.33. The van der Waals surface area contributed by atoms with Crippen molar-refractivity contribution < 1.29 is 24.9 Å². The Bertz CT molecular complexity index is 920. The van der Waals surface area contributed by atoms with Crippen molar-refractivity contribution in [1.82, 2.24) is 24.8 Å². The number of carbonyl (C=O) groups is 1. The molecule has 3 heterocycles. The molecule has 0 unspecified atom stereocenters. The van der Waals surface area contributed by atoms with Crippen molar-refractivity contribution in [3.63, 3.8) is 0 Å². The summed E-state index contributed by atoms with van der Waals surface area (Å²) in [6.45, 7) is 2.14. The van der Waals surface area contributed by atoms with Crippen molar-refractivity contribution in [3.05, 3.63) is 12.2 Å². The highest BCUT2D eigenvalue weighted by atomic mass is 16.6. The zero-order chi connectivity index (χ0) is 20.3. The highest BCUT2D eigenvalue weighted by molar-refractivity contribution is 5.83. The molecular weight excluding hydrogens is 368 g/mol. The van der Waals surface area contributed by atoms with Crippen LogP contribution in [-0.4, -0.2) is 72.2 Å². The number of amides is 1. The molecule has 1 aliphatic heterocycles. The predicted molar refractivity (Wildman–Crippen MR) is 97.5 cm³/mol. The molecule has 4 atom stereocenters. The van der Waals surface area contributed by atoms with Crippen LogP contribution in [0.2, 0.25) is 0 Å². The molecule has 28 heavy (non-hydrogen) atoms. The van der Waals surface area contributed by atoms with Crippen molar-refractivity contribution in [2.24, 2.45) is 0 Å². The van der Waals surface area contributed by atoms with E-state index in [1.54, 1.807) is 6.92 Å². The molecule has 0 spiro atoms. The van der Waals surface area contributed by atoms with E-state index in [0.717, 1.165) is 0 Å². The molecule has 150 valence electrons. The van der Waals surface area contributed by atoms with E-state index >= 15 is 0 Å². The lowest BCUT2D eigenvalue weighted by Crippen LogP contribution is -2.42. The molecule has 1 saturated heterocycles. The van der Waals surface area contributed by atoms with Crippen LogP contribution in [0.15, 0.2) is 6.33 Å². The number of carbonyl (C=O) groups excluding carboxylic acids is 1. The van der Waals surface area contributed by atoms with Gasteiger partial charge in [-0.2, -0.15) is 0 Å². The summed E-state index contributed by atoms with van der Waals surface area (Å²) < 4.78 is 6.98. The minimum absolute atomic E-state index is 0.0372. The maximum absolute atomic E-state index is 12.0. The van der Waals surface area contributed by atoms with E-state index in [2.05, 4.69) is 32.1 Å². The highest BCUT2D eigenvalue weighted by Crippen LogP contribution is 2.32. The Balaban J connectivity index is 1.93. The maximum atomic E-state index is 12.0. The second kappa shape index (κ2) is 8.49. The number of nitrogen functional groups attached to an aromatic ring is 1. The molecule has 1 aliphatic rings. The maximum Gasteiger partial charge on any atom is 0.252 e. The summed E-state index contributed by atoms with van der Waals surface area (Å²) in [7, 11) is 0. The molecule has 6 N–H and O–H groups in total. The number of fused-ring (bicyclic) bond motifs is 1. The Morgan fingerprint density at radius 1 is 1.39 bits per heavy atom. The van der Waals surface area contributed by atoms with Gasteiger partial charge >= 0.3 is 0 Å². The predicted octanol–water partition coefficient (Wildman–Crippen LogP) is -1.71. The third-order valence-corrected chi connectivity index (χ3v) is 4.23. The number of hydrogen-bond donors (Lipinski definition) is 5. The monoisotopic (exact) mass is 390 g/mol. The molecular formula is C17H22N6O5. The van der Waals surface area contributed by atoms with Gasteiger partial charge in [0.2, 0.25) is 5.82 Å². The van der Waals surface area contributed by atoms with Crippen molar-refractivity contribution in [1.29, 1.82) is 0 Å². The zero-order valence-electron chi connectivity index (χ0n) is 15.2. The third-order valence-electron chi connectivity index (χ3n) is 4.23. The third kappa shape index (κ3) is 3.76. The number of nitrogens with one attached hydrogen (secondary N) is 1. The lowest BCUT2D eigenvalue weighted by molar-refractivity contribution is -0.137. The first-order valence-corrected chi connectivity index (χ1v) is 8.87. The largest absolute Gasteiger partial charge is 0.396 e. The van der Waals surface area contributed by atoms with Gasteiger partial charge in [0.15, 0.2) is 23.8 Å². The molecule has 1 amide bonds. The summed E-state index contributed by atoms with van der Waals surface area (Å²) >= 11 is 0. The van der Waals surface area contributed by atoms with Crippen LogP contribution in [-0.2, 0) is 9.53 Å². The fourth-order valence-corrected chi connectivity index (χ4v) is 2.87. The van der Waals surface area contributed by atoms with Crippen molar-refractivity contribution in [2.45, 2.75) is 44.3 Å². The number of rotatable bonds is 5. The Hall–Kier alpha value is -2.78. The van der Waals surface area contributed by atoms with Crippen LogP contribution < -0.4 is 11.1 Å². The number of nitrogens with two attached hydrogens (primary N) is 1. The first-order valence-electron chi connectivity index (χ1n) is 8.87. The summed E-state index contributed by atoms with van der Waals surface area (Å²) in [6.07, 6.45) is -2.75. The number of aromatic nitrogens is 4. The van der Waals surface area contributed by atoms with E-state index in [-0.39, 0.29) is 29.4 Å². The zero-order valence-corrected chi connectivity index (χ0v) is 15.2. The Morgan fingerprint density at radius 2 is 2.18 bits per heavy atom. The quantitative estimate of drug-likeness (QED) is 0.295. The smallest absolute Gasteiger partial charge is 0.252 e. The number of imidazole rings is 1. The van der Waals surface area contributed by atoms with Crippen LogP contribution in [0.25, 0.3) is 11.2 Å². The number of likely N-dealkylation sites (N-methyl/N-ethyl adjacent to an activating group) is 1. The van der Waals surface area contributed by atoms with Gasteiger partial charge in [0.1, 0.15) is 17.7 Å². The number of aliphatic hydroxyl groups is 3. The van der Waals surface area contributed by atoms with Crippen LogP contribution in [0.5, 0.6) is 0 Å². The molecule has 11 nitrogen and oxygen atoms in total. The SMILES string of the molecule is CCNC(=O)[C@H]1O[C@@H](n2cnc3c(N)nc(C#CCCCO)nc32)[C@H](O)[C@@H]1O. The second-order valence-corrected chi connectivity index (χ2v) is 6.21. The van der Waals surface area contributed by atoms with Gasteiger partial charge in [-0.3, -0.25) is 9.36 Å². The molecule has 2 aromatic heterocycles. The van der Waals surface area contributed by atoms with Crippen LogP contribution in [0.3, 0.4) is 0 Å². The van der Waals surface area contributed by atoms with Gasteiger partial charge in [0.25, 0.3) is 5.91 Å². The van der Waals surface area contributed by atoms with Gasteiger partial charge in [-0.15, -0.1) is 0 Å².